The average molecular weight is 599 g/mol. The Balaban J connectivity index is 1.70. The van der Waals surface area contributed by atoms with Crippen molar-refractivity contribution in [3.05, 3.63) is 169 Å². The van der Waals surface area contributed by atoms with Gasteiger partial charge in [-0.15, -0.1) is 0 Å². The van der Waals surface area contributed by atoms with Crippen LogP contribution in [0.2, 0.25) is 0 Å². The molecule has 0 fully saturated rings. The number of hydrogen-bond acceptors (Lipinski definition) is 1. The van der Waals surface area contributed by atoms with Crippen LogP contribution in [0.3, 0.4) is 0 Å². The van der Waals surface area contributed by atoms with Crippen LogP contribution in [0.5, 0.6) is 0 Å². The Hall–Kier alpha value is -5.92. The maximum atomic E-state index is 10.0. The molecule has 45 heavy (non-hydrogen) atoms. The minimum Gasteiger partial charge on any atom is -0.456 e. The molecule has 0 saturated heterocycles. The van der Waals surface area contributed by atoms with Gasteiger partial charge in [-0.3, -0.25) is 0 Å². The van der Waals surface area contributed by atoms with Crippen LogP contribution in [0.1, 0.15) is 44.0 Å². The minimum absolute atomic E-state index is 0.00812. The lowest BCUT2D eigenvalue weighted by molar-refractivity contribution is 0.669. The molecule has 0 saturated carbocycles. The van der Waals surface area contributed by atoms with E-state index in [4.69, 9.17) is 29.1 Å². The summed E-state index contributed by atoms with van der Waals surface area (Å²) in [6.07, 6.45) is 0. The molecule has 0 radical (unpaired) electrons. The van der Waals surface area contributed by atoms with E-state index in [2.05, 4.69) is 0 Å². The normalized spacial score (nSPS) is 19.7. The van der Waals surface area contributed by atoms with Gasteiger partial charge in [0.1, 0.15) is 11.2 Å². The molecule has 212 valence electrons. The van der Waals surface area contributed by atoms with Gasteiger partial charge >= 0.3 is 0 Å². The summed E-state index contributed by atoms with van der Waals surface area (Å²) in [4.78, 5) is 0. The van der Waals surface area contributed by atoms with E-state index >= 15 is 0 Å². The molecule has 8 aromatic rings. The lowest BCUT2D eigenvalue weighted by Crippen LogP contribution is -1.97. The van der Waals surface area contributed by atoms with Gasteiger partial charge in [0.15, 0.2) is 0 Å². The number of fused-ring (bicyclic) bond motifs is 4. The average Bonchev–Trinajstić information content (AvgIpc) is 3.74. The molecular weight excluding hydrogens is 544 g/mol. The molecule has 0 unspecified atom stereocenters. The van der Waals surface area contributed by atoms with Gasteiger partial charge in [-0.05, 0) is 84.5 Å². The number of para-hydroxylation sites is 1. The molecule has 1 aromatic heterocycles. The first kappa shape index (κ1) is 11.5. The Bertz CT molecular complexity index is 3640. The maximum absolute atomic E-state index is 10.0. The van der Waals surface area contributed by atoms with Crippen molar-refractivity contribution in [2.24, 2.45) is 0 Å². The van der Waals surface area contributed by atoms with Crippen LogP contribution in [0.25, 0.3) is 89.3 Å². The predicted octanol–water partition coefficient (Wildman–Crippen LogP) is 12.7. The minimum atomic E-state index is -0.933. The van der Waals surface area contributed by atoms with E-state index in [-0.39, 0.29) is 22.3 Å². The Morgan fingerprint density at radius 3 is 1.71 bits per heavy atom. The van der Waals surface area contributed by atoms with Crippen molar-refractivity contribution >= 4 is 44.8 Å². The summed E-state index contributed by atoms with van der Waals surface area (Å²) in [5, 5.41) is -1.93. The molecule has 7 aromatic carbocycles. The fraction of sp³-hybridized carbons (Fsp3) is 0. The fourth-order valence-corrected chi connectivity index (χ4v) is 5.38. The summed E-state index contributed by atoms with van der Waals surface area (Å²) < 4.78 is 217. The second kappa shape index (κ2) is 11.0. The second-order valence-corrected chi connectivity index (χ2v) is 9.63. The smallest absolute Gasteiger partial charge is 0.136 e. The molecule has 1 heterocycles. The molecular formula is C44H30O. The number of hydrogen-bond donors (Lipinski definition) is 0. The quantitative estimate of drug-likeness (QED) is 0.186. The SMILES string of the molecule is [2H]C=C([2H])c1c(C([2H])=C[2H])c(-c2c([2H])c(-c3c([2H])c([2H])c([2H])c([2H])c3[2H])c([2H])c3oc4c([2H])c([2H])c([2H])c([2H])c4c23)c2c([2H])c([2H])c([2H])c([2H])c2c1-c1ccc(-c2c([2H])c([2H])c([2H])c([2H])c2[2H])cc1. The molecule has 1 nitrogen and oxygen atoms in total. The van der Waals surface area contributed by atoms with E-state index in [1.807, 2.05) is 0 Å². The van der Waals surface area contributed by atoms with E-state index in [1.54, 1.807) is 0 Å². The Morgan fingerprint density at radius 2 is 1.04 bits per heavy atom. The van der Waals surface area contributed by atoms with Crippen LogP contribution >= 0.6 is 0 Å². The van der Waals surface area contributed by atoms with Crippen molar-refractivity contribution in [2.75, 3.05) is 0 Å². The zero-order valence-electron chi connectivity index (χ0n) is 46.9. The van der Waals surface area contributed by atoms with E-state index in [0.717, 1.165) is 0 Å². The van der Waals surface area contributed by atoms with Crippen molar-refractivity contribution in [3.8, 4) is 44.5 Å². The van der Waals surface area contributed by atoms with E-state index in [0.29, 0.717) is 13.1 Å². The molecule has 1 heteroatoms. The molecule has 0 aliphatic carbocycles. The highest BCUT2D eigenvalue weighted by Crippen LogP contribution is 2.48. The highest BCUT2D eigenvalue weighted by atomic mass is 16.3. The van der Waals surface area contributed by atoms with Gasteiger partial charge in [0.05, 0.1) is 32.9 Å². The van der Waals surface area contributed by atoms with Gasteiger partial charge in [-0.2, -0.15) is 0 Å². The first-order valence-electron chi connectivity index (χ1n) is 25.5. The highest BCUT2D eigenvalue weighted by molar-refractivity contribution is 6.20. The largest absolute Gasteiger partial charge is 0.456 e. The number of furan rings is 1. The van der Waals surface area contributed by atoms with Crippen LogP contribution in [-0.2, 0) is 0 Å². The van der Waals surface area contributed by atoms with Gasteiger partial charge in [0, 0.05) is 10.8 Å². The molecule has 8 rings (SSSR count). The van der Waals surface area contributed by atoms with E-state index in [1.165, 1.54) is 24.3 Å². The predicted molar refractivity (Wildman–Crippen MR) is 193 cm³/mol. The van der Waals surface area contributed by atoms with Crippen LogP contribution in [0, 0.1) is 0 Å². The summed E-state index contributed by atoms with van der Waals surface area (Å²) in [5.74, 6) is 0. The fourth-order valence-electron chi connectivity index (χ4n) is 5.38. The van der Waals surface area contributed by atoms with Gasteiger partial charge in [0.25, 0.3) is 0 Å². The lowest BCUT2D eigenvalue weighted by Gasteiger charge is -2.21. The molecule has 0 aliphatic rings. The molecule has 0 bridgehead atoms. The molecule has 0 aliphatic heterocycles. The number of rotatable bonds is 6. The van der Waals surface area contributed by atoms with Gasteiger partial charge < -0.3 is 4.42 Å². The van der Waals surface area contributed by atoms with Crippen molar-refractivity contribution in [1.82, 2.24) is 0 Å². The summed E-state index contributed by atoms with van der Waals surface area (Å²) in [5.41, 5.74) is -5.31. The molecule has 0 atom stereocenters. The van der Waals surface area contributed by atoms with Gasteiger partial charge in [-0.1, -0.05) is 152 Å². The highest BCUT2D eigenvalue weighted by Gasteiger charge is 2.23. The zero-order chi connectivity index (χ0) is 50.9. The topological polar surface area (TPSA) is 13.1 Å². The standard InChI is InChI=1S/C44H30O/c1-3-34-35(4-2)43(37-20-12-11-19-36(37)42(34)32-25-23-31(24-26-32)29-15-7-5-8-16-29)39-27-33(30-17-9-6-10-18-30)28-41-44(39)38-21-13-14-22-40(38)45-41/h3-28H,1-2H2/i1D,2D,3D,4D,5D,6D,7D,8D,9D,10D,11D,12D,13D,14D,15D,16D,17D,18D,19D,20D,21D,22D,27D,28D. The number of benzene rings is 7. The van der Waals surface area contributed by atoms with Crippen LogP contribution < -0.4 is 0 Å². The molecule has 0 amide bonds. The van der Waals surface area contributed by atoms with Crippen molar-refractivity contribution in [3.63, 3.8) is 0 Å². The van der Waals surface area contributed by atoms with Crippen molar-refractivity contribution < 1.29 is 37.3 Å². The van der Waals surface area contributed by atoms with Crippen molar-refractivity contribution in [1.29, 1.82) is 0 Å². The zero-order valence-corrected chi connectivity index (χ0v) is 22.9. The summed E-state index contributed by atoms with van der Waals surface area (Å²) in [6, 6.07) is -11.9. The van der Waals surface area contributed by atoms with E-state index < -0.39 is 199 Å². The summed E-state index contributed by atoms with van der Waals surface area (Å²) >= 11 is 0. The van der Waals surface area contributed by atoms with Gasteiger partial charge in [0.2, 0.25) is 0 Å². The summed E-state index contributed by atoms with van der Waals surface area (Å²) in [6.45, 7) is 1.01. The Kier molecular flexibility index (Phi) is 2.81. The maximum Gasteiger partial charge on any atom is 0.136 e. The Labute approximate surface area is 296 Å². The third kappa shape index (κ3) is 4.41. The lowest BCUT2D eigenvalue weighted by atomic mass is 9.82. The third-order valence-corrected chi connectivity index (χ3v) is 7.26. The van der Waals surface area contributed by atoms with Crippen LogP contribution in [0.15, 0.2) is 163 Å². The van der Waals surface area contributed by atoms with E-state index in [9.17, 15) is 8.22 Å². The van der Waals surface area contributed by atoms with Crippen LogP contribution in [-0.4, -0.2) is 0 Å². The monoisotopic (exact) mass is 598 g/mol. The third-order valence-electron chi connectivity index (χ3n) is 7.26. The van der Waals surface area contributed by atoms with Crippen molar-refractivity contribution in [2.45, 2.75) is 0 Å². The molecule has 0 spiro atoms. The molecule has 0 N–H and O–H groups in total. The van der Waals surface area contributed by atoms with Crippen LogP contribution in [0.4, 0.5) is 0 Å². The second-order valence-electron chi connectivity index (χ2n) is 9.63. The van der Waals surface area contributed by atoms with Gasteiger partial charge in [-0.25, -0.2) is 0 Å². The first-order valence-corrected chi connectivity index (χ1v) is 13.3. The summed E-state index contributed by atoms with van der Waals surface area (Å²) in [7, 11) is 0. The first-order chi connectivity index (χ1) is 32.4. The Morgan fingerprint density at radius 1 is 0.511 bits per heavy atom.